The molecule has 606 valence electrons. The molecule has 113 heavy (non-hydrogen) atoms. The molecule has 3 aliphatic rings. The number of allylic oxidation sites excluding steroid dienone is 1. The summed E-state index contributed by atoms with van der Waals surface area (Å²) in [5.41, 5.74) is 3.73. The number of carbonyl (C=O) groups excluding carboxylic acids is 12. The van der Waals surface area contributed by atoms with Crippen LogP contribution in [0.2, 0.25) is 15.1 Å². The summed E-state index contributed by atoms with van der Waals surface area (Å²) in [6, 6.07) is 18.7. The largest absolute Gasteiger partial charge is 0.480 e. The average Bonchev–Trinajstić information content (AvgIpc) is 1.81. The van der Waals surface area contributed by atoms with Gasteiger partial charge in [0.25, 0.3) is 0 Å². The summed E-state index contributed by atoms with van der Waals surface area (Å²) < 4.78 is 25.9. The van der Waals surface area contributed by atoms with Crippen LogP contribution in [0.15, 0.2) is 133 Å². The summed E-state index contributed by atoms with van der Waals surface area (Å²) in [4.78, 5) is 196. The maximum absolute atomic E-state index is 15.7. The Kier molecular flexibility index (Phi) is 32.1. The Morgan fingerprint density at radius 3 is 1.67 bits per heavy atom. The minimum atomic E-state index is -3.92. The predicted molar refractivity (Wildman–Crippen MR) is 420 cm³/mol. The van der Waals surface area contributed by atoms with Crippen LogP contribution in [0.25, 0.3) is 5.57 Å². The fraction of sp³-hybridized carbons (Fsp3) is 0.444. The van der Waals surface area contributed by atoms with Gasteiger partial charge >= 0.3 is 5.97 Å². The quantitative estimate of drug-likeness (QED) is 0.0594. The Morgan fingerprint density at radius 2 is 1.09 bits per heavy atom. The van der Waals surface area contributed by atoms with Crippen molar-refractivity contribution in [2.24, 2.45) is 17.8 Å². The number of likely N-dealkylation sites (N-methyl/N-ethyl adjacent to an activating group) is 2. The smallest absolute Gasteiger partial charge is 0.326 e. The number of rotatable bonds is 18. The van der Waals surface area contributed by atoms with Crippen LogP contribution >= 0.6 is 34.8 Å². The molecule has 0 radical (unpaired) electrons. The van der Waals surface area contributed by atoms with E-state index in [0.29, 0.717) is 39.8 Å². The van der Waals surface area contributed by atoms with Gasteiger partial charge in [0.05, 0.1) is 30.5 Å². The third-order valence-corrected chi connectivity index (χ3v) is 22.3. The Balaban J connectivity index is 1.25. The molecule has 2 heterocycles. The van der Waals surface area contributed by atoms with Crippen LogP contribution in [0.5, 0.6) is 0 Å². The number of Topliss-reactive ketones (excluding diaryl/α,β-unsaturated/α-hetero) is 3. The molecule has 14 atom stereocenters. The number of hydrogen-bond donors (Lipinski definition) is 10. The number of carboxylic acids is 1. The third-order valence-electron chi connectivity index (χ3n) is 20.7. The fourth-order valence-corrected chi connectivity index (χ4v) is 15.5. The summed E-state index contributed by atoms with van der Waals surface area (Å²) in [7, 11) is -1.44. The van der Waals surface area contributed by atoms with Crippen molar-refractivity contribution in [3.05, 3.63) is 182 Å². The highest BCUT2D eigenvalue weighted by atomic mass is 35.5. The number of nitrogens with zero attached hydrogens (tertiary/aromatic N) is 3. The van der Waals surface area contributed by atoms with E-state index in [-0.39, 0.29) is 60.1 Å². The first kappa shape index (κ1) is 88.8. The molecule has 10 N–H and O–H groups in total. The molecule has 2 fully saturated rings. The second-order valence-electron chi connectivity index (χ2n) is 29.3. The highest BCUT2D eigenvalue weighted by Gasteiger charge is 2.44. The number of ketones is 3. The SMILES string of the molecule is C[C@@H](O)[C@@H]1CC(=O)[C@H](CO)CC(=O)C[C@@H](C(=O)N2CCC[C@H]2C(=O)O)NC(=O)[C@H](Cc2cccc(Cl)c2)NC(=O)[C@H]([C@@H](C)O)NC(=O)[C@H](Cc2ccccc2)N(C)C(=O)[C@H](Cc2cccc(Cl)c2)NC(=O)[C@H](CC2=CCc3ccccc32)NC(=O)[C@H](CCS(C)(=O)=O)NC(=O)[C@H](C)N(C)C(=O)[C@H](Cc2cccc(Cl)c2)CC1=O. The molecule has 1 aliphatic carbocycles. The number of hydrogen-bond acceptors (Lipinski definition) is 18. The van der Waals surface area contributed by atoms with E-state index in [9.17, 15) is 57.6 Å². The van der Waals surface area contributed by atoms with E-state index in [1.807, 2.05) is 18.2 Å². The van der Waals surface area contributed by atoms with E-state index < -0.39 is 222 Å². The second kappa shape index (κ2) is 40.8. The normalized spacial score (nSPS) is 25.0. The summed E-state index contributed by atoms with van der Waals surface area (Å²) in [6.07, 6.45) is -5.62. The number of aliphatic hydroxyl groups is 3. The predicted octanol–water partition coefficient (Wildman–Crippen LogP) is 3.92. The highest BCUT2D eigenvalue weighted by molar-refractivity contribution is 7.90. The van der Waals surface area contributed by atoms with Crippen molar-refractivity contribution >= 4 is 127 Å². The zero-order valence-corrected chi connectivity index (χ0v) is 66.5. The molecular formula is C81H96Cl3N9O19S. The van der Waals surface area contributed by atoms with E-state index in [1.54, 1.807) is 78.9 Å². The van der Waals surface area contributed by atoms with Gasteiger partial charge in [-0.05, 0) is 128 Å². The van der Waals surface area contributed by atoms with Crippen LogP contribution in [0.1, 0.15) is 106 Å². The number of halogens is 3. The lowest BCUT2D eigenvalue weighted by atomic mass is 9.82. The average molecular weight is 1640 g/mol. The van der Waals surface area contributed by atoms with E-state index in [2.05, 4.69) is 31.9 Å². The highest BCUT2D eigenvalue weighted by Crippen LogP contribution is 2.32. The zero-order chi connectivity index (χ0) is 82.7. The van der Waals surface area contributed by atoms with Gasteiger partial charge in [-0.2, -0.15) is 0 Å². The summed E-state index contributed by atoms with van der Waals surface area (Å²) in [6.45, 7) is 2.44. The lowest BCUT2D eigenvalue weighted by molar-refractivity contribution is -0.150. The van der Waals surface area contributed by atoms with Crippen molar-refractivity contribution in [3.8, 4) is 0 Å². The van der Waals surface area contributed by atoms with E-state index in [0.717, 1.165) is 33.4 Å². The number of fused-ring (bicyclic) bond motifs is 1. The second-order valence-corrected chi connectivity index (χ2v) is 32.8. The standard InChI is InChI=1S/C81H96Cl3N9O19S/c1-45-72(100)85-62(29-31-113(6,111)112)73(101)86-64(40-53-28-27-52-21-10-11-25-60(52)53)75(103)88-65(37-51-20-14-24-58(84)35-51)79(107)92(5)68(38-48-16-8-7-9-17-48)76(104)90-71(47(3)96)77(105)87-63(36-50-19-13-23-57(83)34-50)74(102)89-66(80(108)93-30-15-26-67(93)81(109)110)42-59(97)39-55(44-94)69(98)43-61(46(2)95)70(99)41-54(78(106)91(45)4)32-49-18-12-22-56(82)33-49/h7-14,16-25,28,33-35,45-47,54-55,61-68,71,94-96H,15,26-27,29-32,36-44H2,1-6H3,(H,85,100)(H,86,101)(H,87,105)(H,88,103)(H,89,102)(H,90,104)(H,109,110)/t45-,46+,47+,54+,55-,61-,62-,63-,64-,65-,66-,67-,68-,71-/m0/s1. The minimum Gasteiger partial charge on any atom is -0.480 e. The maximum atomic E-state index is 15.7. The molecule has 5 aromatic carbocycles. The molecular weight excluding hydrogens is 1540 g/mol. The molecule has 0 aromatic heterocycles. The molecule has 5 aromatic rings. The maximum Gasteiger partial charge on any atom is 0.326 e. The first-order chi connectivity index (χ1) is 53.5. The van der Waals surface area contributed by atoms with Gasteiger partial charge in [-0.15, -0.1) is 0 Å². The van der Waals surface area contributed by atoms with E-state index in [4.69, 9.17) is 34.8 Å². The Bertz CT molecular complexity index is 4510. The Labute approximate surface area is 670 Å². The lowest BCUT2D eigenvalue weighted by Crippen LogP contribution is -2.62. The number of amides is 9. The van der Waals surface area contributed by atoms with Gasteiger partial charge in [0.1, 0.15) is 81.6 Å². The van der Waals surface area contributed by atoms with E-state index in [1.165, 1.54) is 64.3 Å². The first-order valence-corrected chi connectivity index (χ1v) is 40.3. The van der Waals surface area contributed by atoms with Crippen LogP contribution in [0.3, 0.4) is 0 Å². The van der Waals surface area contributed by atoms with Crippen molar-refractivity contribution in [2.45, 2.75) is 171 Å². The van der Waals surface area contributed by atoms with Crippen molar-refractivity contribution in [3.63, 3.8) is 0 Å². The van der Waals surface area contributed by atoms with Crippen molar-refractivity contribution in [1.29, 1.82) is 0 Å². The van der Waals surface area contributed by atoms with Crippen molar-refractivity contribution < 1.29 is 91.2 Å². The molecule has 0 bridgehead atoms. The third kappa shape index (κ3) is 25.1. The number of sulfone groups is 1. The number of nitrogens with one attached hydrogen (secondary N) is 6. The van der Waals surface area contributed by atoms with E-state index >= 15 is 33.6 Å². The van der Waals surface area contributed by atoms with Crippen molar-refractivity contribution in [1.82, 2.24) is 46.6 Å². The molecule has 32 heteroatoms. The van der Waals surface area contributed by atoms with Gasteiger partial charge in [0, 0.05) is 105 Å². The summed E-state index contributed by atoms with van der Waals surface area (Å²) in [5.74, 6) is -18.9. The summed E-state index contributed by atoms with van der Waals surface area (Å²) in [5, 5.41) is 60.3. The van der Waals surface area contributed by atoms with Crippen LogP contribution in [-0.2, 0) is 104 Å². The van der Waals surface area contributed by atoms with Crippen LogP contribution in [-0.4, -0.2) is 226 Å². The molecule has 0 spiro atoms. The molecule has 2 saturated heterocycles. The van der Waals surface area contributed by atoms with Crippen LogP contribution < -0.4 is 31.9 Å². The van der Waals surface area contributed by atoms with Crippen molar-refractivity contribution in [2.75, 3.05) is 39.3 Å². The first-order valence-electron chi connectivity index (χ1n) is 37.1. The van der Waals surface area contributed by atoms with Gasteiger partial charge in [-0.25, -0.2) is 13.2 Å². The topological polar surface area (TPSA) is 419 Å². The van der Waals surface area contributed by atoms with Crippen LogP contribution in [0, 0.1) is 17.8 Å². The number of aliphatic carboxylic acids is 1. The van der Waals surface area contributed by atoms with Gasteiger partial charge in [0.15, 0.2) is 0 Å². The number of likely N-dealkylation sites (tertiary alicyclic amines) is 1. The van der Waals surface area contributed by atoms with Crippen LogP contribution in [0.4, 0.5) is 0 Å². The van der Waals surface area contributed by atoms with Gasteiger partial charge in [-0.1, -0.05) is 132 Å². The molecule has 0 saturated carbocycles. The zero-order valence-electron chi connectivity index (χ0n) is 63.4. The Hall–Kier alpha value is -9.75. The number of benzene rings is 5. The number of carboxylic acid groups (broad SMARTS) is 1. The fourth-order valence-electron chi connectivity index (χ4n) is 14.2. The molecule has 0 unspecified atom stereocenters. The monoisotopic (exact) mass is 1640 g/mol. The van der Waals surface area contributed by atoms with Gasteiger partial charge < -0.3 is 67.0 Å². The van der Waals surface area contributed by atoms with Gasteiger partial charge in [0.2, 0.25) is 53.2 Å². The minimum absolute atomic E-state index is 0.0222. The van der Waals surface area contributed by atoms with Gasteiger partial charge in [-0.3, -0.25) is 57.5 Å². The lowest BCUT2D eigenvalue weighted by Gasteiger charge is -2.33. The molecule has 9 amide bonds. The summed E-state index contributed by atoms with van der Waals surface area (Å²) >= 11 is 19.4. The number of carbonyl (C=O) groups is 13. The molecule has 8 rings (SSSR count). The molecule has 28 nitrogen and oxygen atoms in total. The molecule has 2 aliphatic heterocycles. The Morgan fingerprint density at radius 1 is 0.549 bits per heavy atom. The number of aliphatic hydroxyl groups excluding tert-OH is 3.